The van der Waals surface area contributed by atoms with Crippen molar-refractivity contribution < 1.29 is 24.1 Å². The summed E-state index contributed by atoms with van der Waals surface area (Å²) in [4.78, 5) is 14.7. The van der Waals surface area contributed by atoms with Gasteiger partial charge in [0.2, 0.25) is 5.91 Å². The SMILES string of the molecule is CC(=O)N(CC1C[C@@H](C)[C@H]2C(O1)[C@H](O)[C@@]1(C)C3CC[C@H]4C(C)(C)[C@@H](O)CC[C@@]45C[C@@]35CC[C@]21C)C(C)c1ccc(F)cc1. The number of carbonyl (C=O) groups excluding carboxylic acids is 1. The summed E-state index contributed by atoms with van der Waals surface area (Å²) in [6, 6.07) is 6.22. The number of nitrogens with zero attached hydrogens (tertiary/aromatic N) is 1. The molecule has 0 aromatic heterocycles. The average Bonchev–Trinajstić information content (AvgIpc) is 3.59. The summed E-state index contributed by atoms with van der Waals surface area (Å²) < 4.78 is 20.5. The smallest absolute Gasteiger partial charge is 0.220 e. The van der Waals surface area contributed by atoms with Crippen molar-refractivity contribution >= 4 is 5.91 Å². The molecule has 1 heterocycles. The van der Waals surface area contributed by atoms with E-state index in [4.69, 9.17) is 4.74 Å². The molecule has 6 heteroatoms. The van der Waals surface area contributed by atoms with Crippen molar-refractivity contribution in [2.45, 2.75) is 130 Å². The molecule has 13 atom stereocenters. The molecule has 7 rings (SSSR count). The molecule has 0 bridgehead atoms. The second kappa shape index (κ2) is 9.51. The molecule has 4 unspecified atom stereocenters. The largest absolute Gasteiger partial charge is 0.393 e. The number of benzene rings is 1. The topological polar surface area (TPSA) is 70.0 Å². The number of hydrogen-bond acceptors (Lipinski definition) is 4. The van der Waals surface area contributed by atoms with E-state index in [2.05, 4.69) is 34.6 Å². The van der Waals surface area contributed by atoms with Crippen LogP contribution in [0.4, 0.5) is 4.39 Å². The number of amides is 1. The number of rotatable bonds is 4. The van der Waals surface area contributed by atoms with Gasteiger partial charge in [-0.3, -0.25) is 4.79 Å². The van der Waals surface area contributed by atoms with Crippen LogP contribution in [0.1, 0.15) is 111 Å². The Morgan fingerprint density at radius 2 is 1.67 bits per heavy atom. The maximum atomic E-state index is 13.6. The fourth-order valence-corrected chi connectivity index (χ4v) is 13.2. The molecule has 43 heavy (non-hydrogen) atoms. The molecule has 1 aromatic rings. The third-order valence-corrected chi connectivity index (χ3v) is 15.5. The maximum Gasteiger partial charge on any atom is 0.220 e. The second-order valence-electron chi connectivity index (χ2n) is 17.1. The highest BCUT2D eigenvalue weighted by atomic mass is 19.1. The van der Waals surface area contributed by atoms with Crippen molar-refractivity contribution in [3.8, 4) is 0 Å². The fourth-order valence-electron chi connectivity index (χ4n) is 13.2. The minimum atomic E-state index is -0.536. The highest BCUT2D eigenvalue weighted by Gasteiger charge is 2.84. The van der Waals surface area contributed by atoms with E-state index in [-0.39, 0.29) is 57.7 Å². The van der Waals surface area contributed by atoms with Gasteiger partial charge in [-0.25, -0.2) is 4.39 Å². The molecule has 1 aromatic carbocycles. The second-order valence-corrected chi connectivity index (χ2v) is 17.1. The third-order valence-electron chi connectivity index (χ3n) is 15.5. The van der Waals surface area contributed by atoms with Crippen molar-refractivity contribution in [3.05, 3.63) is 35.6 Å². The van der Waals surface area contributed by atoms with E-state index < -0.39 is 6.10 Å². The third kappa shape index (κ3) is 3.75. The number of aliphatic hydroxyl groups is 2. The summed E-state index contributed by atoms with van der Waals surface area (Å²) in [5.41, 5.74) is 1.25. The molecular weight excluding hydrogens is 541 g/mol. The first-order valence-corrected chi connectivity index (χ1v) is 17.2. The Balaban J connectivity index is 1.16. The zero-order valence-electron chi connectivity index (χ0n) is 27.4. The molecule has 5 saturated carbocycles. The lowest BCUT2D eigenvalue weighted by Gasteiger charge is -2.63. The monoisotopic (exact) mass is 595 g/mol. The summed E-state index contributed by atoms with van der Waals surface area (Å²) in [6.07, 6.45) is 7.71. The number of ether oxygens (including phenoxy) is 1. The lowest BCUT2D eigenvalue weighted by atomic mass is 9.41. The van der Waals surface area contributed by atoms with Crippen LogP contribution in [-0.2, 0) is 9.53 Å². The number of fused-ring (bicyclic) bond motifs is 4. The van der Waals surface area contributed by atoms with E-state index in [1.165, 1.54) is 25.0 Å². The molecule has 6 fully saturated rings. The van der Waals surface area contributed by atoms with Gasteiger partial charge in [0.15, 0.2) is 0 Å². The normalized spacial score (nSPS) is 49.9. The average molecular weight is 596 g/mol. The zero-order chi connectivity index (χ0) is 30.9. The quantitative estimate of drug-likeness (QED) is 0.397. The Labute approximate surface area is 257 Å². The number of aliphatic hydroxyl groups excluding tert-OH is 2. The molecule has 238 valence electrons. The van der Waals surface area contributed by atoms with Crippen LogP contribution in [0.3, 0.4) is 0 Å². The summed E-state index contributed by atoms with van der Waals surface area (Å²) in [6.45, 7) is 15.9. The first kappa shape index (κ1) is 30.2. The maximum absolute atomic E-state index is 13.6. The Kier molecular flexibility index (Phi) is 6.67. The van der Waals surface area contributed by atoms with Gasteiger partial charge in [0.1, 0.15) is 5.82 Å². The van der Waals surface area contributed by atoms with Crippen LogP contribution in [0.15, 0.2) is 24.3 Å². The summed E-state index contributed by atoms with van der Waals surface area (Å²) in [5, 5.41) is 23.5. The Bertz CT molecular complexity index is 1280. The van der Waals surface area contributed by atoms with Gasteiger partial charge in [0.05, 0.1) is 30.5 Å². The van der Waals surface area contributed by atoms with E-state index in [1.54, 1.807) is 19.1 Å². The number of halogens is 1. The molecule has 1 saturated heterocycles. The van der Waals surface area contributed by atoms with Gasteiger partial charge < -0.3 is 19.8 Å². The zero-order valence-corrected chi connectivity index (χ0v) is 27.4. The fraction of sp³-hybridized carbons (Fsp3) is 0.811. The van der Waals surface area contributed by atoms with Crippen molar-refractivity contribution in [2.75, 3.05) is 6.54 Å². The Hall–Kier alpha value is -1.50. The van der Waals surface area contributed by atoms with Crippen LogP contribution in [0.25, 0.3) is 0 Å². The number of hydrogen-bond donors (Lipinski definition) is 2. The Morgan fingerprint density at radius 3 is 2.35 bits per heavy atom. The van der Waals surface area contributed by atoms with Crippen LogP contribution in [0.2, 0.25) is 0 Å². The molecule has 5 aliphatic carbocycles. The standard InChI is InChI=1S/C37H54FNO4/c1-21-18-26(19-39(23(3)40)22(2)24-8-10-25(38)11-9-24)43-31-30(21)34(6)16-17-37-20-36(37)15-14-29(41)33(4,5)27(36)12-13-28(37)35(34,7)32(31)42/h8-11,21-22,26-32,41-42H,12-20H2,1-7H3/t21-,22?,26?,27+,28?,29+,30+,31?,32+,34-,35-,36-,37+/m1/s1. The van der Waals surface area contributed by atoms with Crippen molar-refractivity contribution in [3.63, 3.8) is 0 Å². The summed E-state index contributed by atoms with van der Waals surface area (Å²) in [5.74, 6) is 1.41. The highest BCUT2D eigenvalue weighted by molar-refractivity contribution is 5.73. The molecule has 1 amide bonds. The predicted octanol–water partition coefficient (Wildman–Crippen LogP) is 6.91. The van der Waals surface area contributed by atoms with E-state index in [9.17, 15) is 19.4 Å². The van der Waals surface area contributed by atoms with Gasteiger partial charge in [-0.05, 0) is 121 Å². The van der Waals surface area contributed by atoms with Gasteiger partial charge in [-0.1, -0.05) is 46.8 Å². The molecule has 5 nitrogen and oxygen atoms in total. The first-order valence-electron chi connectivity index (χ1n) is 17.2. The molecule has 2 spiro atoms. The van der Waals surface area contributed by atoms with Crippen molar-refractivity contribution in [1.29, 1.82) is 0 Å². The van der Waals surface area contributed by atoms with Crippen LogP contribution >= 0.6 is 0 Å². The van der Waals surface area contributed by atoms with Crippen LogP contribution < -0.4 is 0 Å². The van der Waals surface area contributed by atoms with E-state index in [0.29, 0.717) is 35.6 Å². The van der Waals surface area contributed by atoms with E-state index in [0.717, 1.165) is 44.1 Å². The van der Waals surface area contributed by atoms with Gasteiger partial charge in [0.25, 0.3) is 0 Å². The first-order chi connectivity index (χ1) is 20.1. The van der Waals surface area contributed by atoms with Crippen molar-refractivity contribution in [2.24, 2.45) is 50.7 Å². The van der Waals surface area contributed by atoms with Gasteiger partial charge in [0, 0.05) is 18.9 Å². The van der Waals surface area contributed by atoms with Crippen LogP contribution in [0, 0.1) is 56.6 Å². The summed E-state index contributed by atoms with van der Waals surface area (Å²) in [7, 11) is 0. The number of carbonyl (C=O) groups is 1. The van der Waals surface area contributed by atoms with Gasteiger partial charge >= 0.3 is 0 Å². The molecule has 0 radical (unpaired) electrons. The Morgan fingerprint density at radius 1 is 1.02 bits per heavy atom. The van der Waals surface area contributed by atoms with Gasteiger partial charge in [-0.15, -0.1) is 0 Å². The molecule has 6 aliphatic rings. The minimum absolute atomic E-state index is 0.000627. The lowest BCUT2D eigenvalue weighted by Crippen LogP contribution is -2.59. The van der Waals surface area contributed by atoms with Crippen molar-refractivity contribution in [1.82, 2.24) is 4.90 Å². The lowest BCUT2D eigenvalue weighted by molar-refractivity contribution is -0.182. The van der Waals surface area contributed by atoms with Crippen LogP contribution in [0.5, 0.6) is 0 Å². The molecule has 2 N–H and O–H groups in total. The van der Waals surface area contributed by atoms with E-state index >= 15 is 0 Å². The van der Waals surface area contributed by atoms with Crippen LogP contribution in [-0.4, -0.2) is 52.0 Å². The summed E-state index contributed by atoms with van der Waals surface area (Å²) >= 11 is 0. The van der Waals surface area contributed by atoms with Gasteiger partial charge in [-0.2, -0.15) is 0 Å². The van der Waals surface area contributed by atoms with E-state index in [1.807, 2.05) is 11.8 Å². The predicted molar refractivity (Wildman–Crippen MR) is 164 cm³/mol. The molecule has 1 aliphatic heterocycles. The molecular formula is C37H54FNO4. The highest BCUT2D eigenvalue weighted by Crippen LogP contribution is 2.89. The minimum Gasteiger partial charge on any atom is -0.393 e.